The van der Waals surface area contributed by atoms with Gasteiger partial charge in [0.05, 0.1) is 0 Å². The van der Waals surface area contributed by atoms with E-state index in [1.54, 1.807) is 0 Å². The molecule has 0 saturated carbocycles. The molecule has 7 nitrogen and oxygen atoms in total. The van der Waals surface area contributed by atoms with Crippen molar-refractivity contribution in [1.82, 2.24) is 0 Å². The number of rotatable bonds is 4. The molecule has 0 aromatic rings. The van der Waals surface area contributed by atoms with Gasteiger partial charge in [0, 0.05) is 19.6 Å². The minimum atomic E-state index is -4.74. The second-order valence-corrected chi connectivity index (χ2v) is 8.75. The van der Waals surface area contributed by atoms with Crippen molar-refractivity contribution in [3.8, 4) is 0 Å². The van der Waals surface area contributed by atoms with Gasteiger partial charge in [0.25, 0.3) is 5.08 Å². The SMILES string of the molecule is COP(=O)(O)C(O)(C(C)(C)C)P(=O)(O)OC. The van der Waals surface area contributed by atoms with Crippen LogP contribution in [-0.2, 0) is 18.2 Å². The summed E-state index contributed by atoms with van der Waals surface area (Å²) in [6, 6.07) is 0. The van der Waals surface area contributed by atoms with Crippen LogP contribution in [0.3, 0.4) is 0 Å². The molecule has 2 unspecified atom stereocenters. The predicted octanol–water partition coefficient (Wildman–Crippen LogP) is 1.34. The lowest BCUT2D eigenvalue weighted by Gasteiger charge is -2.42. The fourth-order valence-electron chi connectivity index (χ4n) is 1.26. The van der Waals surface area contributed by atoms with E-state index in [1.165, 1.54) is 20.8 Å². The van der Waals surface area contributed by atoms with E-state index >= 15 is 0 Å². The van der Waals surface area contributed by atoms with Crippen LogP contribution in [0.1, 0.15) is 20.8 Å². The molecule has 0 fully saturated rings. The van der Waals surface area contributed by atoms with Gasteiger partial charge in [0.2, 0.25) is 0 Å². The van der Waals surface area contributed by atoms with E-state index in [4.69, 9.17) is 0 Å². The molecule has 0 amide bonds. The van der Waals surface area contributed by atoms with Crippen LogP contribution in [0.25, 0.3) is 0 Å². The molecule has 0 aliphatic carbocycles. The minimum Gasteiger partial charge on any atom is -0.367 e. The minimum absolute atomic E-state index is 0.868. The first-order valence-electron chi connectivity index (χ1n) is 4.37. The smallest absolute Gasteiger partial charge is 0.367 e. The monoisotopic (exact) mass is 276 g/mol. The molecular weight excluding hydrogens is 258 g/mol. The zero-order valence-corrected chi connectivity index (χ0v) is 11.7. The van der Waals surface area contributed by atoms with Gasteiger partial charge in [0.1, 0.15) is 0 Å². The van der Waals surface area contributed by atoms with Gasteiger partial charge in [-0.2, -0.15) is 0 Å². The molecular formula is C7H18O7P2. The fourth-order valence-corrected chi connectivity index (χ4v) is 5.23. The second kappa shape index (κ2) is 4.50. The summed E-state index contributed by atoms with van der Waals surface area (Å²) in [7, 11) is -7.74. The van der Waals surface area contributed by atoms with Crippen molar-refractivity contribution in [3.63, 3.8) is 0 Å². The van der Waals surface area contributed by atoms with E-state index in [9.17, 15) is 24.0 Å². The van der Waals surface area contributed by atoms with Crippen LogP contribution >= 0.6 is 15.2 Å². The van der Waals surface area contributed by atoms with Crippen LogP contribution in [0.15, 0.2) is 0 Å². The highest BCUT2D eigenvalue weighted by Gasteiger charge is 2.68. The normalized spacial score (nSPS) is 24.2. The van der Waals surface area contributed by atoms with Crippen molar-refractivity contribution in [2.24, 2.45) is 5.41 Å². The van der Waals surface area contributed by atoms with Crippen molar-refractivity contribution in [2.75, 3.05) is 14.2 Å². The third-order valence-electron chi connectivity index (χ3n) is 2.29. The molecule has 0 spiro atoms. The van der Waals surface area contributed by atoms with E-state index in [0.717, 1.165) is 14.2 Å². The summed E-state index contributed by atoms with van der Waals surface area (Å²) < 4.78 is 32.0. The molecule has 0 aliphatic rings. The highest BCUT2D eigenvalue weighted by molar-refractivity contribution is 7.73. The van der Waals surface area contributed by atoms with Crippen LogP contribution in [0.2, 0.25) is 0 Å². The van der Waals surface area contributed by atoms with Gasteiger partial charge in [-0.05, 0) is 0 Å². The van der Waals surface area contributed by atoms with Crippen molar-refractivity contribution >= 4 is 15.2 Å². The van der Waals surface area contributed by atoms with Crippen LogP contribution in [0.5, 0.6) is 0 Å². The fraction of sp³-hybridized carbons (Fsp3) is 1.00. The molecule has 0 rings (SSSR count). The summed E-state index contributed by atoms with van der Waals surface area (Å²) in [5, 5.41) is 7.23. The Bertz CT molecular complexity index is 321. The van der Waals surface area contributed by atoms with E-state index in [0.29, 0.717) is 0 Å². The van der Waals surface area contributed by atoms with Gasteiger partial charge in [0.15, 0.2) is 0 Å². The molecule has 0 heterocycles. The summed E-state index contributed by atoms with van der Waals surface area (Å²) in [5.41, 5.74) is -1.40. The average Bonchev–Trinajstić information content (AvgIpc) is 2.14. The van der Waals surface area contributed by atoms with E-state index in [-0.39, 0.29) is 0 Å². The quantitative estimate of drug-likeness (QED) is 0.664. The summed E-state index contributed by atoms with van der Waals surface area (Å²) in [6.07, 6.45) is 0. The lowest BCUT2D eigenvalue weighted by molar-refractivity contribution is 0.0344. The zero-order valence-electron chi connectivity index (χ0n) is 9.87. The van der Waals surface area contributed by atoms with Gasteiger partial charge < -0.3 is 23.9 Å². The van der Waals surface area contributed by atoms with Crippen LogP contribution < -0.4 is 0 Å². The molecule has 0 aromatic heterocycles. The lowest BCUT2D eigenvalue weighted by atomic mass is 9.98. The summed E-state index contributed by atoms with van der Waals surface area (Å²) in [4.78, 5) is 19.0. The highest BCUT2D eigenvalue weighted by Crippen LogP contribution is 2.77. The lowest BCUT2D eigenvalue weighted by Crippen LogP contribution is -2.43. The summed E-state index contributed by atoms with van der Waals surface area (Å²) >= 11 is 0. The Hall–Kier alpha value is 0.260. The Morgan fingerprint density at radius 3 is 1.31 bits per heavy atom. The Morgan fingerprint density at radius 2 is 1.19 bits per heavy atom. The molecule has 0 saturated heterocycles. The van der Waals surface area contributed by atoms with Crippen LogP contribution in [0.4, 0.5) is 0 Å². The zero-order chi connectivity index (χ0) is 13.4. The maximum atomic E-state index is 11.7. The molecule has 16 heavy (non-hydrogen) atoms. The van der Waals surface area contributed by atoms with Crippen molar-refractivity contribution in [2.45, 2.75) is 25.9 Å². The molecule has 0 radical (unpaired) electrons. The van der Waals surface area contributed by atoms with Gasteiger partial charge in [-0.3, -0.25) is 9.13 Å². The van der Waals surface area contributed by atoms with Gasteiger partial charge >= 0.3 is 15.2 Å². The molecule has 3 N–H and O–H groups in total. The first-order valence-corrected chi connectivity index (χ1v) is 7.52. The number of hydrogen-bond donors (Lipinski definition) is 3. The maximum absolute atomic E-state index is 11.7. The molecule has 0 aliphatic heterocycles. The summed E-state index contributed by atoms with van der Waals surface area (Å²) in [5.74, 6) is 0. The Morgan fingerprint density at radius 1 is 0.938 bits per heavy atom. The van der Waals surface area contributed by atoms with Crippen LogP contribution in [0, 0.1) is 5.41 Å². The van der Waals surface area contributed by atoms with E-state index < -0.39 is 25.7 Å². The van der Waals surface area contributed by atoms with Gasteiger partial charge in [-0.15, -0.1) is 0 Å². The summed E-state index contributed by atoms with van der Waals surface area (Å²) in [6.45, 7) is 3.99. The number of aliphatic hydroxyl groups is 1. The Kier molecular flexibility index (Phi) is 4.57. The predicted molar refractivity (Wildman–Crippen MR) is 58.1 cm³/mol. The molecule has 98 valence electrons. The molecule has 0 aromatic carbocycles. The largest absolute Gasteiger partial charge is 0.372 e. The highest BCUT2D eigenvalue weighted by atomic mass is 31.2. The van der Waals surface area contributed by atoms with Crippen molar-refractivity contribution in [3.05, 3.63) is 0 Å². The van der Waals surface area contributed by atoms with Gasteiger partial charge in [-0.1, -0.05) is 20.8 Å². The Balaban J connectivity index is 5.98. The van der Waals surface area contributed by atoms with Gasteiger partial charge in [-0.25, -0.2) is 0 Å². The topological polar surface area (TPSA) is 113 Å². The third kappa shape index (κ3) is 2.27. The van der Waals surface area contributed by atoms with E-state index in [1.807, 2.05) is 0 Å². The van der Waals surface area contributed by atoms with E-state index in [2.05, 4.69) is 9.05 Å². The third-order valence-corrected chi connectivity index (χ3v) is 7.71. The van der Waals surface area contributed by atoms with Crippen molar-refractivity contribution < 1.29 is 33.1 Å². The molecule has 9 heteroatoms. The molecule has 0 bridgehead atoms. The first-order chi connectivity index (χ1) is 6.87. The first kappa shape index (κ1) is 16.3. The Labute approximate surface area is 94.5 Å². The number of hydrogen-bond acceptors (Lipinski definition) is 5. The average molecular weight is 276 g/mol. The standard InChI is InChI=1S/C7H18O7P2/c1-6(2,3)7(8,15(9,10)13-4)16(11,12)14-5/h8H,1-5H3,(H,9,10)(H,11,12). The maximum Gasteiger partial charge on any atom is 0.372 e. The molecule has 2 atom stereocenters. The second-order valence-electron chi connectivity index (χ2n) is 4.29. The van der Waals surface area contributed by atoms with Crippen molar-refractivity contribution in [1.29, 1.82) is 0 Å². The van der Waals surface area contributed by atoms with Crippen LogP contribution in [-0.4, -0.2) is 34.2 Å².